The Kier molecular flexibility index (Phi) is 3.93. The van der Waals surface area contributed by atoms with E-state index in [0.29, 0.717) is 19.8 Å². The summed E-state index contributed by atoms with van der Waals surface area (Å²) < 4.78 is 10.3. The normalized spacial score (nSPS) is 21.1. The molecule has 1 rings (SSSR count). The fourth-order valence-electron chi connectivity index (χ4n) is 2.11. The number of esters is 1. The van der Waals surface area contributed by atoms with E-state index in [2.05, 4.69) is 6.92 Å². The van der Waals surface area contributed by atoms with Crippen LogP contribution in [-0.2, 0) is 14.3 Å². The Morgan fingerprint density at radius 2 is 2.07 bits per heavy atom. The second-order valence-electron chi connectivity index (χ2n) is 3.92. The number of carbonyl (C=O) groups excluding carboxylic acids is 1. The first-order valence-electron chi connectivity index (χ1n) is 5.44. The second kappa shape index (κ2) is 4.78. The summed E-state index contributed by atoms with van der Waals surface area (Å²) in [6.07, 6.45) is 1.83. The number of hydrogen-bond acceptors (Lipinski definition) is 3. The Morgan fingerprint density at radius 3 is 2.36 bits per heavy atom. The monoisotopic (exact) mass is 200 g/mol. The molecule has 1 heterocycles. The fraction of sp³-hybridized carbons (Fsp3) is 0.909. The number of carbonyl (C=O) groups is 1. The highest BCUT2D eigenvalue weighted by Crippen LogP contribution is 2.41. The molecule has 0 aliphatic carbocycles. The van der Waals surface area contributed by atoms with Crippen LogP contribution in [-0.4, -0.2) is 25.8 Å². The van der Waals surface area contributed by atoms with Crippen LogP contribution in [0.25, 0.3) is 0 Å². The first kappa shape index (κ1) is 11.5. The lowest BCUT2D eigenvalue weighted by molar-refractivity contribution is -0.181. The van der Waals surface area contributed by atoms with Crippen molar-refractivity contribution in [3.8, 4) is 0 Å². The highest BCUT2D eigenvalue weighted by molar-refractivity contribution is 5.73. The fourth-order valence-corrected chi connectivity index (χ4v) is 2.11. The highest BCUT2D eigenvalue weighted by Gasteiger charge is 2.47. The Balaban J connectivity index is 2.64. The van der Waals surface area contributed by atoms with Crippen LogP contribution in [0.3, 0.4) is 0 Å². The van der Waals surface area contributed by atoms with Gasteiger partial charge in [0.1, 0.15) is 0 Å². The maximum absolute atomic E-state index is 11.7. The van der Waals surface area contributed by atoms with Crippen LogP contribution < -0.4 is 0 Å². The topological polar surface area (TPSA) is 35.5 Å². The SMILES string of the molecule is CCOC(=O)C(CC)C1(CC)COC1. The van der Waals surface area contributed by atoms with Crippen molar-refractivity contribution < 1.29 is 14.3 Å². The Hall–Kier alpha value is -0.570. The van der Waals surface area contributed by atoms with Crippen LogP contribution in [0.4, 0.5) is 0 Å². The van der Waals surface area contributed by atoms with Crippen molar-refractivity contribution in [1.29, 1.82) is 0 Å². The van der Waals surface area contributed by atoms with Crippen molar-refractivity contribution in [3.05, 3.63) is 0 Å². The summed E-state index contributed by atoms with van der Waals surface area (Å²) in [5.74, 6) is -0.0404. The van der Waals surface area contributed by atoms with Crippen LogP contribution in [0.5, 0.6) is 0 Å². The molecule has 0 bridgehead atoms. The van der Waals surface area contributed by atoms with Gasteiger partial charge in [0.25, 0.3) is 0 Å². The van der Waals surface area contributed by atoms with Crippen molar-refractivity contribution in [2.24, 2.45) is 11.3 Å². The summed E-state index contributed by atoms with van der Waals surface area (Å²) in [6, 6.07) is 0. The van der Waals surface area contributed by atoms with Gasteiger partial charge in [-0.1, -0.05) is 13.8 Å². The minimum absolute atomic E-state index is 0.0150. The maximum Gasteiger partial charge on any atom is 0.309 e. The quantitative estimate of drug-likeness (QED) is 0.637. The molecule has 1 aliphatic heterocycles. The molecule has 0 amide bonds. The standard InChI is InChI=1S/C11H20O3/c1-4-9(10(12)14-6-3)11(5-2)7-13-8-11/h9H,4-8H2,1-3H3. The molecule has 82 valence electrons. The second-order valence-corrected chi connectivity index (χ2v) is 3.92. The first-order valence-corrected chi connectivity index (χ1v) is 5.44. The summed E-state index contributed by atoms with van der Waals surface area (Å²) >= 11 is 0. The average molecular weight is 200 g/mol. The summed E-state index contributed by atoms with van der Waals surface area (Å²) in [5.41, 5.74) is 0.0566. The molecule has 14 heavy (non-hydrogen) atoms. The Labute approximate surface area is 85.8 Å². The van der Waals surface area contributed by atoms with Gasteiger partial charge in [-0.25, -0.2) is 0 Å². The summed E-state index contributed by atoms with van der Waals surface area (Å²) in [4.78, 5) is 11.7. The average Bonchev–Trinajstić information content (AvgIpc) is 2.11. The van der Waals surface area contributed by atoms with Gasteiger partial charge >= 0.3 is 5.97 Å². The van der Waals surface area contributed by atoms with Gasteiger partial charge in [0, 0.05) is 5.41 Å². The van der Waals surface area contributed by atoms with E-state index >= 15 is 0 Å². The van der Waals surface area contributed by atoms with Crippen LogP contribution >= 0.6 is 0 Å². The predicted octanol–water partition coefficient (Wildman–Crippen LogP) is 2.00. The zero-order valence-corrected chi connectivity index (χ0v) is 9.34. The molecule has 3 nitrogen and oxygen atoms in total. The first-order chi connectivity index (χ1) is 6.70. The van der Waals surface area contributed by atoms with Gasteiger partial charge in [0.15, 0.2) is 0 Å². The molecule has 0 saturated carbocycles. The Bertz CT molecular complexity index is 191. The smallest absolute Gasteiger partial charge is 0.309 e. The summed E-state index contributed by atoms with van der Waals surface area (Å²) in [7, 11) is 0. The number of hydrogen-bond donors (Lipinski definition) is 0. The molecule has 1 unspecified atom stereocenters. The van der Waals surface area contributed by atoms with Gasteiger partial charge in [0.05, 0.1) is 25.7 Å². The lowest BCUT2D eigenvalue weighted by Crippen LogP contribution is -2.50. The molecule has 0 radical (unpaired) electrons. The number of ether oxygens (including phenoxy) is 2. The zero-order chi connectivity index (χ0) is 10.6. The van der Waals surface area contributed by atoms with E-state index in [0.717, 1.165) is 12.8 Å². The van der Waals surface area contributed by atoms with Crippen LogP contribution in [0.15, 0.2) is 0 Å². The summed E-state index contributed by atoms with van der Waals surface area (Å²) in [5, 5.41) is 0. The molecule has 3 heteroatoms. The molecule has 0 aromatic carbocycles. The third kappa shape index (κ3) is 1.92. The van der Waals surface area contributed by atoms with E-state index in [1.165, 1.54) is 0 Å². The molecule has 0 aromatic rings. The molecule has 1 aliphatic rings. The van der Waals surface area contributed by atoms with E-state index in [1.54, 1.807) is 0 Å². The third-order valence-corrected chi connectivity index (χ3v) is 3.20. The molecule has 0 N–H and O–H groups in total. The van der Waals surface area contributed by atoms with E-state index in [4.69, 9.17) is 9.47 Å². The van der Waals surface area contributed by atoms with Crippen LogP contribution in [0.1, 0.15) is 33.6 Å². The van der Waals surface area contributed by atoms with E-state index in [9.17, 15) is 4.79 Å². The molecule has 0 aromatic heterocycles. The highest BCUT2D eigenvalue weighted by atomic mass is 16.5. The molecular weight excluding hydrogens is 180 g/mol. The minimum Gasteiger partial charge on any atom is -0.466 e. The molecule has 0 spiro atoms. The van der Waals surface area contributed by atoms with E-state index in [1.807, 2.05) is 13.8 Å². The van der Waals surface area contributed by atoms with Crippen molar-refractivity contribution >= 4 is 5.97 Å². The third-order valence-electron chi connectivity index (χ3n) is 3.20. The zero-order valence-electron chi connectivity index (χ0n) is 9.34. The van der Waals surface area contributed by atoms with E-state index in [-0.39, 0.29) is 17.3 Å². The van der Waals surface area contributed by atoms with Crippen molar-refractivity contribution in [1.82, 2.24) is 0 Å². The van der Waals surface area contributed by atoms with Crippen LogP contribution in [0, 0.1) is 11.3 Å². The van der Waals surface area contributed by atoms with Gasteiger partial charge < -0.3 is 9.47 Å². The largest absolute Gasteiger partial charge is 0.466 e. The van der Waals surface area contributed by atoms with Gasteiger partial charge in [-0.3, -0.25) is 4.79 Å². The molecular formula is C11H20O3. The summed E-state index contributed by atoms with van der Waals surface area (Å²) in [6.45, 7) is 7.89. The van der Waals surface area contributed by atoms with Crippen LogP contribution in [0.2, 0.25) is 0 Å². The van der Waals surface area contributed by atoms with Gasteiger partial charge in [0.2, 0.25) is 0 Å². The lowest BCUT2D eigenvalue weighted by Gasteiger charge is -2.45. The molecule has 1 atom stereocenters. The lowest BCUT2D eigenvalue weighted by atomic mass is 9.70. The van der Waals surface area contributed by atoms with Gasteiger partial charge in [-0.2, -0.15) is 0 Å². The van der Waals surface area contributed by atoms with Gasteiger partial charge in [-0.05, 0) is 19.8 Å². The minimum atomic E-state index is -0.0554. The van der Waals surface area contributed by atoms with Crippen molar-refractivity contribution in [2.45, 2.75) is 33.6 Å². The maximum atomic E-state index is 11.7. The molecule has 1 fully saturated rings. The van der Waals surface area contributed by atoms with E-state index < -0.39 is 0 Å². The van der Waals surface area contributed by atoms with Gasteiger partial charge in [-0.15, -0.1) is 0 Å². The molecule has 1 saturated heterocycles. The van der Waals surface area contributed by atoms with Crippen molar-refractivity contribution in [2.75, 3.05) is 19.8 Å². The van der Waals surface area contributed by atoms with Crippen molar-refractivity contribution in [3.63, 3.8) is 0 Å². The Morgan fingerprint density at radius 1 is 1.43 bits per heavy atom. The number of rotatable bonds is 5. The predicted molar refractivity (Wildman–Crippen MR) is 54.0 cm³/mol.